The maximum Gasteiger partial charge on any atom is 0.311 e. The van der Waals surface area contributed by atoms with Crippen molar-refractivity contribution in [3.05, 3.63) is 48.3 Å². The van der Waals surface area contributed by atoms with Gasteiger partial charge in [-0.3, -0.25) is 9.59 Å². The van der Waals surface area contributed by atoms with E-state index < -0.39 is 5.97 Å². The van der Waals surface area contributed by atoms with E-state index in [4.69, 9.17) is 9.15 Å². The highest BCUT2D eigenvalue weighted by atomic mass is 127. The van der Waals surface area contributed by atoms with Gasteiger partial charge in [0.15, 0.2) is 17.3 Å². The molecule has 164 valence electrons. The first-order chi connectivity index (χ1) is 14.8. The summed E-state index contributed by atoms with van der Waals surface area (Å²) in [6.07, 6.45) is 3.12. The van der Waals surface area contributed by atoms with Crippen LogP contribution in [-0.2, 0) is 11.2 Å². The standard InChI is InChI=1S/C23H22I2O6/c1-3-5-7-20(27)31-19-11-18-13(10-16(19)26)21(17(30-18)6-4-2)22(28)12-8-14(24)23(29)15(25)9-12/h8-11,26,29H,3-7H2,1-2H3. The van der Waals surface area contributed by atoms with E-state index in [0.717, 1.165) is 12.8 Å². The zero-order chi connectivity index (χ0) is 22.7. The Bertz CT molecular complexity index is 1130. The zero-order valence-electron chi connectivity index (χ0n) is 17.1. The number of aryl methyl sites for hydroxylation is 1. The SMILES string of the molecule is CCCCC(=O)Oc1cc2oc(CCC)c(C(=O)c3cc(I)c(O)c(I)c3)c2cc1O. The Morgan fingerprint density at radius 3 is 2.32 bits per heavy atom. The number of halogens is 2. The second-order valence-corrected chi connectivity index (χ2v) is 9.49. The first-order valence-electron chi connectivity index (χ1n) is 9.98. The first-order valence-corrected chi connectivity index (χ1v) is 12.1. The Labute approximate surface area is 207 Å². The number of carbonyl (C=O) groups is 2. The lowest BCUT2D eigenvalue weighted by Crippen LogP contribution is -2.07. The Morgan fingerprint density at radius 2 is 1.71 bits per heavy atom. The summed E-state index contributed by atoms with van der Waals surface area (Å²) in [5.41, 5.74) is 1.15. The molecule has 0 saturated carbocycles. The number of esters is 1. The van der Waals surface area contributed by atoms with Crippen molar-refractivity contribution in [2.24, 2.45) is 0 Å². The minimum absolute atomic E-state index is 0.0122. The Morgan fingerprint density at radius 1 is 1.03 bits per heavy atom. The number of ketones is 1. The van der Waals surface area contributed by atoms with Crippen LogP contribution in [0.3, 0.4) is 0 Å². The number of aromatic hydroxyl groups is 2. The average Bonchev–Trinajstić information content (AvgIpc) is 3.06. The normalized spacial score (nSPS) is 11.1. The van der Waals surface area contributed by atoms with Gasteiger partial charge < -0.3 is 19.4 Å². The molecule has 31 heavy (non-hydrogen) atoms. The summed E-state index contributed by atoms with van der Waals surface area (Å²) in [5.74, 6) is -0.264. The minimum atomic E-state index is -0.429. The van der Waals surface area contributed by atoms with E-state index in [2.05, 4.69) is 0 Å². The third kappa shape index (κ3) is 5.16. The van der Waals surface area contributed by atoms with Gasteiger partial charge in [-0.2, -0.15) is 0 Å². The monoisotopic (exact) mass is 648 g/mol. The highest BCUT2D eigenvalue weighted by molar-refractivity contribution is 14.1. The Kier molecular flexibility index (Phi) is 7.84. The molecule has 0 unspecified atom stereocenters. The lowest BCUT2D eigenvalue weighted by Gasteiger charge is -2.08. The molecule has 3 aromatic rings. The molecule has 2 aromatic carbocycles. The third-order valence-electron chi connectivity index (χ3n) is 4.78. The molecule has 0 aliphatic rings. The molecule has 6 nitrogen and oxygen atoms in total. The van der Waals surface area contributed by atoms with E-state index in [9.17, 15) is 19.8 Å². The molecule has 8 heteroatoms. The van der Waals surface area contributed by atoms with Gasteiger partial charge in [0.1, 0.15) is 17.1 Å². The summed E-state index contributed by atoms with van der Waals surface area (Å²) in [7, 11) is 0. The van der Waals surface area contributed by atoms with Gasteiger partial charge in [-0.15, -0.1) is 0 Å². The predicted molar refractivity (Wildman–Crippen MR) is 134 cm³/mol. The quantitative estimate of drug-likeness (QED) is 0.128. The number of unbranched alkanes of at least 4 members (excludes halogenated alkanes) is 1. The van der Waals surface area contributed by atoms with Crippen molar-refractivity contribution in [1.82, 2.24) is 0 Å². The topological polar surface area (TPSA) is 97.0 Å². The smallest absolute Gasteiger partial charge is 0.311 e. The van der Waals surface area contributed by atoms with E-state index in [1.807, 2.05) is 59.0 Å². The van der Waals surface area contributed by atoms with Crippen molar-refractivity contribution in [3.8, 4) is 17.2 Å². The number of phenolic OH excluding ortho intramolecular Hbond substituents is 2. The molecular formula is C23H22I2O6. The van der Waals surface area contributed by atoms with Crippen molar-refractivity contribution in [3.63, 3.8) is 0 Å². The van der Waals surface area contributed by atoms with Gasteiger partial charge in [0.2, 0.25) is 0 Å². The first kappa shape index (κ1) is 23.8. The average molecular weight is 648 g/mol. The number of ether oxygens (including phenoxy) is 1. The lowest BCUT2D eigenvalue weighted by atomic mass is 9.98. The Hall–Kier alpha value is -1.82. The van der Waals surface area contributed by atoms with Crippen LogP contribution in [0, 0.1) is 7.14 Å². The fourth-order valence-corrected chi connectivity index (χ4v) is 5.00. The number of carbonyl (C=O) groups excluding carboxylic acids is 2. The molecule has 0 amide bonds. The van der Waals surface area contributed by atoms with Crippen molar-refractivity contribution in [2.75, 3.05) is 0 Å². The van der Waals surface area contributed by atoms with Crippen molar-refractivity contribution < 1.29 is 29.0 Å². The maximum atomic E-state index is 13.4. The molecular weight excluding hydrogens is 626 g/mol. The Balaban J connectivity index is 2.08. The summed E-state index contributed by atoms with van der Waals surface area (Å²) in [6.45, 7) is 3.95. The second-order valence-electron chi connectivity index (χ2n) is 7.16. The largest absolute Gasteiger partial charge is 0.506 e. The number of phenols is 2. The van der Waals surface area contributed by atoms with Crippen LogP contribution in [0.15, 0.2) is 28.7 Å². The summed E-state index contributed by atoms with van der Waals surface area (Å²) >= 11 is 3.96. The molecule has 3 rings (SSSR count). The molecule has 1 aromatic heterocycles. The van der Waals surface area contributed by atoms with E-state index in [1.54, 1.807) is 12.1 Å². The molecule has 0 fully saturated rings. The van der Waals surface area contributed by atoms with Crippen LogP contribution in [0.5, 0.6) is 17.2 Å². The van der Waals surface area contributed by atoms with Gasteiger partial charge >= 0.3 is 5.97 Å². The molecule has 1 heterocycles. The van der Waals surface area contributed by atoms with E-state index in [0.29, 0.717) is 47.8 Å². The highest BCUT2D eigenvalue weighted by Gasteiger charge is 2.25. The predicted octanol–water partition coefficient (Wildman–Crippen LogP) is 6.33. The van der Waals surface area contributed by atoms with E-state index in [1.165, 1.54) is 12.1 Å². The van der Waals surface area contributed by atoms with Crippen LogP contribution in [0.4, 0.5) is 0 Å². The number of fused-ring (bicyclic) bond motifs is 1. The van der Waals surface area contributed by atoms with Crippen LogP contribution in [-0.4, -0.2) is 22.0 Å². The molecule has 0 saturated heterocycles. The molecule has 0 radical (unpaired) electrons. The van der Waals surface area contributed by atoms with Gasteiger partial charge in [0.25, 0.3) is 0 Å². The van der Waals surface area contributed by atoms with Crippen LogP contribution in [0.1, 0.15) is 61.2 Å². The van der Waals surface area contributed by atoms with Gasteiger partial charge in [0.05, 0.1) is 12.7 Å². The van der Waals surface area contributed by atoms with Crippen LogP contribution < -0.4 is 4.74 Å². The number of rotatable bonds is 8. The molecule has 0 aliphatic carbocycles. The van der Waals surface area contributed by atoms with Gasteiger partial charge in [-0.25, -0.2) is 0 Å². The molecule has 2 N–H and O–H groups in total. The summed E-state index contributed by atoms with van der Waals surface area (Å²) in [5, 5.41) is 20.9. The fourth-order valence-electron chi connectivity index (χ4n) is 3.23. The van der Waals surface area contributed by atoms with Gasteiger partial charge in [0, 0.05) is 29.9 Å². The highest BCUT2D eigenvalue weighted by Crippen LogP contribution is 2.38. The summed E-state index contributed by atoms with van der Waals surface area (Å²) in [4.78, 5) is 25.4. The van der Waals surface area contributed by atoms with Crippen molar-refractivity contribution in [2.45, 2.75) is 46.0 Å². The molecule has 0 bridgehead atoms. The van der Waals surface area contributed by atoms with Gasteiger partial charge in [-0.1, -0.05) is 20.3 Å². The molecule has 0 spiro atoms. The van der Waals surface area contributed by atoms with Crippen molar-refractivity contribution in [1.29, 1.82) is 0 Å². The number of hydrogen-bond acceptors (Lipinski definition) is 6. The van der Waals surface area contributed by atoms with E-state index >= 15 is 0 Å². The second kappa shape index (κ2) is 10.2. The van der Waals surface area contributed by atoms with Crippen LogP contribution >= 0.6 is 45.2 Å². The maximum absolute atomic E-state index is 13.4. The van der Waals surface area contributed by atoms with Crippen molar-refractivity contribution >= 4 is 67.9 Å². The third-order valence-corrected chi connectivity index (χ3v) is 6.43. The summed E-state index contributed by atoms with van der Waals surface area (Å²) in [6, 6.07) is 6.11. The summed E-state index contributed by atoms with van der Waals surface area (Å²) < 4.78 is 12.4. The minimum Gasteiger partial charge on any atom is -0.506 e. The van der Waals surface area contributed by atoms with E-state index in [-0.39, 0.29) is 29.5 Å². The van der Waals surface area contributed by atoms with Crippen LogP contribution in [0.2, 0.25) is 0 Å². The van der Waals surface area contributed by atoms with Gasteiger partial charge in [-0.05, 0) is 76.2 Å². The lowest BCUT2D eigenvalue weighted by molar-refractivity contribution is -0.134. The number of furan rings is 1. The molecule has 0 atom stereocenters. The number of hydrogen-bond donors (Lipinski definition) is 2. The zero-order valence-corrected chi connectivity index (χ0v) is 21.4. The number of benzene rings is 2. The fraction of sp³-hybridized carbons (Fsp3) is 0.304. The molecule has 0 aliphatic heterocycles. The van der Waals surface area contributed by atoms with Crippen LogP contribution in [0.25, 0.3) is 11.0 Å².